The minimum Gasteiger partial charge on any atom is -0.493 e. The summed E-state index contributed by atoms with van der Waals surface area (Å²) in [5, 5.41) is 13.0. The van der Waals surface area contributed by atoms with E-state index in [1.807, 2.05) is 55.4 Å². The number of nitrogens with one attached hydrogen (secondary N) is 1. The van der Waals surface area contributed by atoms with Gasteiger partial charge in [0.1, 0.15) is 18.2 Å². The van der Waals surface area contributed by atoms with Crippen LogP contribution in [0.15, 0.2) is 66.2 Å². The first-order chi connectivity index (χ1) is 16.3. The molecular formula is C26H23ClIN3O3. The molecule has 3 aromatic carbocycles. The highest BCUT2D eigenvalue weighted by Gasteiger charge is 2.14. The predicted molar refractivity (Wildman–Crippen MR) is 144 cm³/mol. The summed E-state index contributed by atoms with van der Waals surface area (Å²) in [4.78, 5) is 14.6. The fourth-order valence-electron chi connectivity index (χ4n) is 3.06. The number of halogens is 2. The van der Waals surface area contributed by atoms with E-state index >= 15 is 0 Å². The molecule has 0 aliphatic heterocycles. The van der Waals surface area contributed by atoms with Crippen LogP contribution in [0.1, 0.15) is 11.1 Å². The highest BCUT2D eigenvalue weighted by molar-refractivity contribution is 14.1. The van der Waals surface area contributed by atoms with Crippen LogP contribution in [0.5, 0.6) is 11.5 Å². The number of carbonyl (C=O) groups is 1. The van der Waals surface area contributed by atoms with E-state index in [1.165, 1.54) is 6.08 Å². The van der Waals surface area contributed by atoms with Crippen molar-refractivity contribution in [3.05, 3.63) is 86.0 Å². The third kappa shape index (κ3) is 6.65. The van der Waals surface area contributed by atoms with E-state index in [2.05, 4.69) is 27.9 Å². The fourth-order valence-corrected chi connectivity index (χ4v) is 3.96. The van der Waals surface area contributed by atoms with Crippen molar-refractivity contribution in [2.24, 2.45) is 0 Å². The Bertz CT molecular complexity index is 1230. The average molecular weight is 588 g/mol. The zero-order chi connectivity index (χ0) is 24.7. The standard InChI is InChI=1S/C26H23ClIN3O3/c1-31(2)22-10-8-21(9-11-22)30-26(32)19(15-29)12-18-13-23(28)25(24(14-18)33-3)34-16-17-4-6-20(27)7-5-17/h4-14H,16H2,1-3H3,(H,30,32)/b19-12-. The van der Waals surface area contributed by atoms with Crippen LogP contribution < -0.4 is 19.7 Å². The maximum Gasteiger partial charge on any atom is 0.266 e. The van der Waals surface area contributed by atoms with E-state index < -0.39 is 5.91 Å². The Morgan fingerprint density at radius 1 is 1.15 bits per heavy atom. The van der Waals surface area contributed by atoms with Crippen molar-refractivity contribution in [2.75, 3.05) is 31.4 Å². The quantitative estimate of drug-likeness (QED) is 0.195. The van der Waals surface area contributed by atoms with Crippen molar-refractivity contribution in [1.82, 2.24) is 0 Å². The van der Waals surface area contributed by atoms with E-state index in [-0.39, 0.29) is 5.57 Å². The first kappa shape index (κ1) is 25.4. The second kappa shape index (κ2) is 11.8. The molecule has 0 saturated carbocycles. The summed E-state index contributed by atoms with van der Waals surface area (Å²) < 4.78 is 12.3. The maximum atomic E-state index is 12.7. The SMILES string of the molecule is COc1cc(/C=C(/C#N)C(=O)Nc2ccc(N(C)C)cc2)cc(I)c1OCc1ccc(Cl)cc1. The molecule has 1 amide bonds. The van der Waals surface area contributed by atoms with Crippen LogP contribution in [0.3, 0.4) is 0 Å². The van der Waals surface area contributed by atoms with E-state index in [0.29, 0.717) is 34.4 Å². The number of nitriles is 1. The summed E-state index contributed by atoms with van der Waals surface area (Å²) in [6.45, 7) is 0.344. The lowest BCUT2D eigenvalue weighted by molar-refractivity contribution is -0.112. The Balaban J connectivity index is 1.78. The van der Waals surface area contributed by atoms with Gasteiger partial charge in [-0.2, -0.15) is 5.26 Å². The van der Waals surface area contributed by atoms with Gasteiger partial charge in [-0.3, -0.25) is 4.79 Å². The van der Waals surface area contributed by atoms with Crippen molar-refractivity contribution in [3.8, 4) is 17.6 Å². The second-order valence-corrected chi connectivity index (χ2v) is 9.11. The van der Waals surface area contributed by atoms with Gasteiger partial charge in [0.05, 0.1) is 10.7 Å². The van der Waals surface area contributed by atoms with E-state index in [4.69, 9.17) is 21.1 Å². The molecule has 0 aliphatic carbocycles. The first-order valence-corrected chi connectivity index (χ1v) is 11.7. The van der Waals surface area contributed by atoms with Gasteiger partial charge in [0.2, 0.25) is 0 Å². The van der Waals surface area contributed by atoms with Gasteiger partial charge in [-0.25, -0.2) is 0 Å². The van der Waals surface area contributed by atoms with Gasteiger partial charge in [-0.15, -0.1) is 0 Å². The van der Waals surface area contributed by atoms with Crippen LogP contribution in [0.4, 0.5) is 11.4 Å². The highest BCUT2D eigenvalue weighted by atomic mass is 127. The largest absolute Gasteiger partial charge is 0.493 e. The molecule has 3 rings (SSSR count). The van der Waals surface area contributed by atoms with Gasteiger partial charge in [-0.05, 0) is 88.3 Å². The molecule has 0 unspecified atom stereocenters. The maximum absolute atomic E-state index is 12.7. The molecule has 0 spiro atoms. The Kier molecular flexibility index (Phi) is 8.79. The molecule has 0 aliphatic rings. The third-order valence-electron chi connectivity index (χ3n) is 4.87. The molecule has 3 aromatic rings. The number of methoxy groups -OCH3 is 1. The number of anilines is 2. The van der Waals surface area contributed by atoms with E-state index in [9.17, 15) is 10.1 Å². The molecule has 0 heterocycles. The molecule has 8 heteroatoms. The molecule has 0 aromatic heterocycles. The molecule has 0 atom stereocenters. The van der Waals surface area contributed by atoms with Crippen molar-refractivity contribution in [2.45, 2.75) is 6.61 Å². The average Bonchev–Trinajstić information content (AvgIpc) is 2.82. The normalized spacial score (nSPS) is 10.9. The molecule has 0 radical (unpaired) electrons. The summed E-state index contributed by atoms with van der Waals surface area (Å²) in [6.07, 6.45) is 1.52. The van der Waals surface area contributed by atoms with Crippen molar-refractivity contribution >= 4 is 57.5 Å². The summed E-state index contributed by atoms with van der Waals surface area (Å²) in [5.41, 5.74) is 3.20. The Morgan fingerprint density at radius 3 is 2.41 bits per heavy atom. The molecule has 34 heavy (non-hydrogen) atoms. The van der Waals surface area contributed by atoms with Gasteiger partial charge < -0.3 is 19.7 Å². The first-order valence-electron chi connectivity index (χ1n) is 10.3. The second-order valence-electron chi connectivity index (χ2n) is 7.51. The number of hydrogen-bond donors (Lipinski definition) is 1. The van der Waals surface area contributed by atoms with Crippen LogP contribution in [0, 0.1) is 14.9 Å². The van der Waals surface area contributed by atoms with Crippen molar-refractivity contribution < 1.29 is 14.3 Å². The van der Waals surface area contributed by atoms with E-state index in [1.54, 1.807) is 37.4 Å². The number of nitrogens with zero attached hydrogens (tertiary/aromatic N) is 2. The van der Waals surface area contributed by atoms with Gasteiger partial charge in [0, 0.05) is 30.5 Å². The molecule has 0 fully saturated rings. The van der Waals surface area contributed by atoms with Crippen LogP contribution in [-0.2, 0) is 11.4 Å². The molecule has 0 saturated heterocycles. The summed E-state index contributed by atoms with van der Waals surface area (Å²) in [7, 11) is 5.42. The predicted octanol–water partition coefficient (Wildman–Crippen LogP) is 6.14. The lowest BCUT2D eigenvalue weighted by atomic mass is 10.1. The van der Waals surface area contributed by atoms with Gasteiger partial charge in [-0.1, -0.05) is 23.7 Å². The van der Waals surface area contributed by atoms with Crippen LogP contribution in [0.25, 0.3) is 6.08 Å². The van der Waals surface area contributed by atoms with Gasteiger partial charge in [0.25, 0.3) is 5.91 Å². The van der Waals surface area contributed by atoms with Crippen LogP contribution >= 0.6 is 34.2 Å². The minimum absolute atomic E-state index is 0.0237. The topological polar surface area (TPSA) is 74.6 Å². The minimum atomic E-state index is -0.489. The monoisotopic (exact) mass is 587 g/mol. The molecule has 174 valence electrons. The third-order valence-corrected chi connectivity index (χ3v) is 5.92. The molecule has 1 N–H and O–H groups in total. The summed E-state index contributed by atoms with van der Waals surface area (Å²) in [5.74, 6) is 0.598. The van der Waals surface area contributed by atoms with Crippen molar-refractivity contribution in [3.63, 3.8) is 0 Å². The highest BCUT2D eigenvalue weighted by Crippen LogP contribution is 2.35. The lowest BCUT2D eigenvalue weighted by Crippen LogP contribution is -2.14. The number of amides is 1. The number of hydrogen-bond acceptors (Lipinski definition) is 5. The zero-order valence-electron chi connectivity index (χ0n) is 18.9. The Hall–Kier alpha value is -3.22. The van der Waals surface area contributed by atoms with Crippen molar-refractivity contribution in [1.29, 1.82) is 5.26 Å². The summed E-state index contributed by atoms with van der Waals surface area (Å²) >= 11 is 8.08. The van der Waals surface area contributed by atoms with Gasteiger partial charge in [0.15, 0.2) is 11.5 Å². The number of carbonyl (C=O) groups excluding carboxylic acids is 1. The zero-order valence-corrected chi connectivity index (χ0v) is 21.8. The lowest BCUT2D eigenvalue weighted by Gasteiger charge is -2.14. The Labute approximate surface area is 217 Å². The molecular weight excluding hydrogens is 565 g/mol. The number of rotatable bonds is 8. The van der Waals surface area contributed by atoms with Crippen LogP contribution in [-0.4, -0.2) is 27.1 Å². The van der Waals surface area contributed by atoms with Gasteiger partial charge >= 0.3 is 0 Å². The molecule has 6 nitrogen and oxygen atoms in total. The fraction of sp³-hybridized carbons (Fsp3) is 0.154. The number of benzene rings is 3. The van der Waals surface area contributed by atoms with Crippen LogP contribution in [0.2, 0.25) is 5.02 Å². The smallest absolute Gasteiger partial charge is 0.266 e. The van der Waals surface area contributed by atoms with E-state index in [0.717, 1.165) is 14.8 Å². The Morgan fingerprint density at radius 2 is 1.82 bits per heavy atom. The molecule has 0 bridgehead atoms. The number of ether oxygens (including phenoxy) is 2. The summed E-state index contributed by atoms with van der Waals surface area (Å²) in [6, 6.07) is 20.3.